The Morgan fingerprint density at radius 2 is 0.476 bits per heavy atom. The Bertz CT molecular complexity index is 1150. The lowest BCUT2D eigenvalue weighted by Crippen LogP contribution is -2.37. The van der Waals surface area contributed by atoms with Gasteiger partial charge in [-0.3, -0.25) is 19.2 Å². The second-order valence-corrected chi connectivity index (χ2v) is 19.7. The maximum absolute atomic E-state index is 13.1. The van der Waals surface area contributed by atoms with Crippen molar-refractivity contribution in [3.05, 3.63) is 0 Å². The molecule has 63 heavy (non-hydrogen) atoms. The fraction of sp³-hybridized carbons (Fsp3) is 0.925. The van der Waals surface area contributed by atoms with Crippen LogP contribution in [0.3, 0.4) is 0 Å². The van der Waals surface area contributed by atoms with Crippen molar-refractivity contribution in [3.63, 3.8) is 0 Å². The Morgan fingerprint density at radius 3 is 0.667 bits per heavy atom. The second kappa shape index (κ2) is 33.3. The zero-order chi connectivity index (χ0) is 44.7. The minimum Gasteiger partial charge on any atom is -0.465 e. The molecular weight excluding hydrogens is 797 g/mol. The molecule has 4 rings (SSSR count). The first-order valence-corrected chi connectivity index (χ1v) is 26.9. The number of carbonyl (C=O) groups is 4. The van der Waals surface area contributed by atoms with Crippen LogP contribution in [0.1, 0.15) is 239 Å². The van der Waals surface area contributed by atoms with Crippen LogP contribution in [0, 0.1) is 23.7 Å². The van der Waals surface area contributed by atoms with E-state index in [9.17, 15) is 19.2 Å². The first-order chi connectivity index (χ1) is 30.9. The molecule has 2 saturated heterocycles. The van der Waals surface area contributed by atoms with Crippen LogP contribution in [0.2, 0.25) is 0 Å². The fourth-order valence-electron chi connectivity index (χ4n) is 9.98. The van der Waals surface area contributed by atoms with Crippen LogP contribution in [0.15, 0.2) is 0 Å². The van der Waals surface area contributed by atoms with E-state index in [1.807, 2.05) is 0 Å². The molecule has 0 N–H and O–H groups in total. The number of ether oxygens (including phenoxy) is 6. The van der Waals surface area contributed by atoms with Gasteiger partial charge in [-0.05, 0) is 51.4 Å². The predicted molar refractivity (Wildman–Crippen MR) is 248 cm³/mol. The van der Waals surface area contributed by atoms with Gasteiger partial charge < -0.3 is 28.4 Å². The maximum atomic E-state index is 13.1. The summed E-state index contributed by atoms with van der Waals surface area (Å²) in [5.74, 6) is -2.94. The number of rotatable bonds is 40. The van der Waals surface area contributed by atoms with E-state index in [2.05, 4.69) is 13.8 Å². The summed E-state index contributed by atoms with van der Waals surface area (Å²) in [6.45, 7) is 6.14. The predicted octanol–water partition coefficient (Wildman–Crippen LogP) is 12.9. The molecule has 0 aromatic carbocycles. The minimum atomic E-state index is -0.469. The first kappa shape index (κ1) is 53.4. The molecule has 4 aliphatic rings. The van der Waals surface area contributed by atoms with Crippen molar-refractivity contribution < 1.29 is 47.6 Å². The highest BCUT2D eigenvalue weighted by molar-refractivity contribution is 5.83. The standard InChI is InChI=1S/C53H92O10/c1-3-5-7-9-11-13-15-18-22-26-30-34-58-50(54)42-38-46-48(62-46)40-44(42)52(56)60-36-32-28-24-20-17-21-25-29-33-37-61-53(57)45-41-49-47(63-49)39-43(45)51(55)59-35-31-27-23-19-16-14-12-10-8-6-4-2/h42-49H,3-41H2,1-2H3. The van der Waals surface area contributed by atoms with Gasteiger partial charge in [-0.1, -0.05) is 187 Å². The largest absolute Gasteiger partial charge is 0.465 e. The highest BCUT2D eigenvalue weighted by atomic mass is 16.6. The zero-order valence-corrected chi connectivity index (χ0v) is 40.3. The molecular formula is C53H92O10. The molecule has 0 aromatic rings. The molecule has 2 aliphatic carbocycles. The van der Waals surface area contributed by atoms with Crippen LogP contribution < -0.4 is 0 Å². The summed E-state index contributed by atoms with van der Waals surface area (Å²) in [5.41, 5.74) is 0. The molecule has 4 fully saturated rings. The summed E-state index contributed by atoms with van der Waals surface area (Å²) in [6, 6.07) is 0. The number of esters is 4. The first-order valence-electron chi connectivity index (χ1n) is 26.9. The summed E-state index contributed by atoms with van der Waals surface area (Å²) in [4.78, 5) is 52.2. The Labute approximate surface area is 383 Å². The van der Waals surface area contributed by atoms with Crippen LogP contribution in [-0.2, 0) is 47.6 Å². The van der Waals surface area contributed by atoms with Gasteiger partial charge in [-0.2, -0.15) is 0 Å². The van der Waals surface area contributed by atoms with Crippen molar-refractivity contribution in [2.45, 2.75) is 263 Å². The minimum absolute atomic E-state index is 0.0783. The third-order valence-corrected chi connectivity index (χ3v) is 14.3. The number of fused-ring (bicyclic) bond motifs is 2. The lowest BCUT2D eigenvalue weighted by Gasteiger charge is -2.26. The van der Waals surface area contributed by atoms with Gasteiger partial charge >= 0.3 is 23.9 Å². The van der Waals surface area contributed by atoms with E-state index >= 15 is 0 Å². The van der Waals surface area contributed by atoms with Crippen LogP contribution in [0.4, 0.5) is 0 Å². The molecule has 0 bridgehead atoms. The maximum Gasteiger partial charge on any atom is 0.309 e. The van der Waals surface area contributed by atoms with Gasteiger partial charge in [-0.15, -0.1) is 0 Å². The van der Waals surface area contributed by atoms with E-state index in [0.717, 1.165) is 83.5 Å². The molecule has 8 atom stereocenters. The monoisotopic (exact) mass is 889 g/mol. The Hall–Kier alpha value is -2.20. The SMILES string of the molecule is CCCCCCCCCCCCCOC(=O)C1CC2OC2CC1C(=O)OCCCCCCCCCCCOC(=O)C1CC2OC2CC1C(=O)OCCCCCCCCCCCCC. The normalized spacial score (nSPS) is 24.5. The van der Waals surface area contributed by atoms with Crippen molar-refractivity contribution in [1.29, 1.82) is 0 Å². The molecule has 2 aliphatic heterocycles. The Kier molecular flexibility index (Phi) is 28.2. The summed E-state index contributed by atoms with van der Waals surface area (Å²) >= 11 is 0. The smallest absolute Gasteiger partial charge is 0.309 e. The van der Waals surface area contributed by atoms with E-state index in [-0.39, 0.29) is 48.3 Å². The highest BCUT2D eigenvalue weighted by Crippen LogP contribution is 2.45. The van der Waals surface area contributed by atoms with Gasteiger partial charge in [0.25, 0.3) is 0 Å². The second-order valence-electron chi connectivity index (χ2n) is 19.7. The third kappa shape index (κ3) is 22.7. The van der Waals surface area contributed by atoms with Crippen molar-refractivity contribution in [1.82, 2.24) is 0 Å². The van der Waals surface area contributed by atoms with E-state index in [1.165, 1.54) is 116 Å². The summed E-state index contributed by atoms with van der Waals surface area (Å²) in [7, 11) is 0. The average Bonchev–Trinajstić information content (AvgIpc) is 4.23. The molecule has 8 unspecified atom stereocenters. The summed E-state index contributed by atoms with van der Waals surface area (Å²) < 4.78 is 34.1. The summed E-state index contributed by atoms with van der Waals surface area (Å²) in [5, 5.41) is 0. The number of epoxide rings is 2. The number of unbranched alkanes of at least 4 members (excludes halogenated alkanes) is 28. The van der Waals surface area contributed by atoms with Crippen LogP contribution in [0.25, 0.3) is 0 Å². The molecule has 0 radical (unpaired) electrons. The fourth-order valence-corrected chi connectivity index (χ4v) is 9.98. The highest BCUT2D eigenvalue weighted by Gasteiger charge is 2.54. The molecule has 2 saturated carbocycles. The van der Waals surface area contributed by atoms with Gasteiger partial charge in [0.05, 0.1) is 74.5 Å². The molecule has 364 valence electrons. The lowest BCUT2D eigenvalue weighted by molar-refractivity contribution is -0.162. The van der Waals surface area contributed by atoms with E-state index in [4.69, 9.17) is 28.4 Å². The van der Waals surface area contributed by atoms with Crippen molar-refractivity contribution >= 4 is 23.9 Å². The van der Waals surface area contributed by atoms with E-state index in [0.29, 0.717) is 52.1 Å². The van der Waals surface area contributed by atoms with Crippen LogP contribution in [-0.4, -0.2) is 74.7 Å². The van der Waals surface area contributed by atoms with Gasteiger partial charge in [0.1, 0.15) is 0 Å². The molecule has 10 nitrogen and oxygen atoms in total. The molecule has 0 spiro atoms. The van der Waals surface area contributed by atoms with Crippen LogP contribution in [0.5, 0.6) is 0 Å². The Morgan fingerprint density at radius 1 is 0.302 bits per heavy atom. The van der Waals surface area contributed by atoms with E-state index in [1.54, 1.807) is 0 Å². The molecule has 10 heteroatoms. The van der Waals surface area contributed by atoms with Crippen LogP contribution >= 0.6 is 0 Å². The van der Waals surface area contributed by atoms with Gasteiger partial charge in [0.2, 0.25) is 0 Å². The van der Waals surface area contributed by atoms with E-state index < -0.39 is 23.7 Å². The summed E-state index contributed by atoms with van der Waals surface area (Å²) in [6.07, 6.45) is 39.3. The van der Waals surface area contributed by atoms with Gasteiger partial charge in [-0.25, -0.2) is 0 Å². The zero-order valence-electron chi connectivity index (χ0n) is 40.3. The van der Waals surface area contributed by atoms with Gasteiger partial charge in [0.15, 0.2) is 0 Å². The number of carbonyl (C=O) groups excluding carboxylic acids is 4. The lowest BCUT2D eigenvalue weighted by atomic mass is 9.79. The van der Waals surface area contributed by atoms with Crippen molar-refractivity contribution in [2.75, 3.05) is 26.4 Å². The molecule has 0 amide bonds. The van der Waals surface area contributed by atoms with Crippen molar-refractivity contribution in [2.24, 2.45) is 23.7 Å². The Balaban J connectivity index is 0.938. The van der Waals surface area contributed by atoms with Gasteiger partial charge in [0, 0.05) is 0 Å². The quantitative estimate of drug-likeness (QED) is 0.0254. The molecule has 0 aromatic heterocycles. The topological polar surface area (TPSA) is 130 Å². The molecule has 2 heterocycles. The third-order valence-electron chi connectivity index (χ3n) is 14.3. The average molecular weight is 889 g/mol. The number of hydrogen-bond donors (Lipinski definition) is 0. The number of hydrogen-bond acceptors (Lipinski definition) is 10. The van der Waals surface area contributed by atoms with Crippen molar-refractivity contribution in [3.8, 4) is 0 Å².